The van der Waals surface area contributed by atoms with Gasteiger partial charge in [0.1, 0.15) is 12.4 Å². The van der Waals surface area contributed by atoms with Crippen LogP contribution in [0.15, 0.2) is 18.2 Å². The van der Waals surface area contributed by atoms with E-state index in [-0.39, 0.29) is 24.2 Å². The molecule has 1 N–H and O–H groups in total. The van der Waals surface area contributed by atoms with E-state index in [0.717, 1.165) is 6.42 Å². The van der Waals surface area contributed by atoms with Crippen LogP contribution in [0, 0.1) is 17.7 Å². The third-order valence-electron chi connectivity index (χ3n) is 3.28. The third kappa shape index (κ3) is 3.16. The number of methoxy groups -OCH3 is 1. The zero-order valence-electron chi connectivity index (χ0n) is 11.2. The Bertz CT molecular complexity index is 562. The monoisotopic (exact) mass is 277 g/mol. The van der Waals surface area contributed by atoms with E-state index >= 15 is 0 Å². The molecule has 1 atom stereocenters. The molecule has 20 heavy (non-hydrogen) atoms. The molecule has 4 nitrogen and oxygen atoms in total. The quantitative estimate of drug-likeness (QED) is 0.821. The second-order valence-electron chi connectivity index (χ2n) is 4.55. The number of likely N-dealkylation sites (tertiary alicyclic amines) is 1. The van der Waals surface area contributed by atoms with Gasteiger partial charge in [-0.25, -0.2) is 4.39 Å². The molecule has 0 aromatic heterocycles. The van der Waals surface area contributed by atoms with Crippen molar-refractivity contribution in [1.29, 1.82) is 0 Å². The molecule has 0 spiro atoms. The van der Waals surface area contributed by atoms with E-state index in [1.54, 1.807) is 12.0 Å². The van der Waals surface area contributed by atoms with Gasteiger partial charge in [0.05, 0.1) is 11.7 Å². The van der Waals surface area contributed by atoms with Crippen LogP contribution in [0.5, 0.6) is 0 Å². The minimum Gasteiger partial charge on any atom is -0.384 e. The highest BCUT2D eigenvalue weighted by molar-refractivity contribution is 5.97. The highest BCUT2D eigenvalue weighted by Gasteiger charge is 2.28. The summed E-state index contributed by atoms with van der Waals surface area (Å²) in [6, 6.07) is 3.89. The summed E-state index contributed by atoms with van der Waals surface area (Å²) >= 11 is 0. The van der Waals surface area contributed by atoms with Gasteiger partial charge in [0.15, 0.2) is 0 Å². The lowest BCUT2D eigenvalue weighted by molar-refractivity contribution is 0.0723. The fraction of sp³-hybridized carbons (Fsp3) is 0.400. The molecule has 1 fully saturated rings. The lowest BCUT2D eigenvalue weighted by Crippen LogP contribution is -2.30. The normalized spacial score (nSPS) is 17.8. The zero-order valence-corrected chi connectivity index (χ0v) is 11.2. The van der Waals surface area contributed by atoms with E-state index in [1.807, 2.05) is 0 Å². The van der Waals surface area contributed by atoms with Crippen molar-refractivity contribution >= 4 is 5.91 Å². The van der Waals surface area contributed by atoms with Gasteiger partial charge in [0.25, 0.3) is 5.91 Å². The Labute approximate surface area is 117 Å². The second-order valence-corrected chi connectivity index (χ2v) is 4.55. The summed E-state index contributed by atoms with van der Waals surface area (Å²) in [5.41, 5.74) is 0.647. The number of halogens is 1. The Kier molecular flexibility index (Phi) is 4.72. The molecule has 1 aromatic rings. The zero-order chi connectivity index (χ0) is 14.5. The van der Waals surface area contributed by atoms with Crippen molar-refractivity contribution in [3.05, 3.63) is 35.1 Å². The van der Waals surface area contributed by atoms with Gasteiger partial charge in [0.2, 0.25) is 0 Å². The Morgan fingerprint density at radius 1 is 1.60 bits per heavy atom. The minimum absolute atomic E-state index is 0.0273. The molecular weight excluding hydrogens is 261 g/mol. The Balaban J connectivity index is 2.27. The van der Waals surface area contributed by atoms with Crippen molar-refractivity contribution in [2.45, 2.75) is 12.5 Å². The minimum atomic E-state index is -0.481. The number of carbonyl (C=O) groups excluding carboxylic acids is 1. The molecule has 1 aliphatic rings. The Hall–Kier alpha value is -1.90. The van der Waals surface area contributed by atoms with Gasteiger partial charge in [-0.2, -0.15) is 0 Å². The molecular formula is C15H16FNO3. The Morgan fingerprint density at radius 2 is 2.40 bits per heavy atom. The molecule has 1 amide bonds. The van der Waals surface area contributed by atoms with E-state index in [4.69, 9.17) is 9.84 Å². The topological polar surface area (TPSA) is 49.8 Å². The molecule has 0 aliphatic carbocycles. The lowest BCUT2D eigenvalue weighted by atomic mass is 10.1. The van der Waals surface area contributed by atoms with Crippen molar-refractivity contribution in [1.82, 2.24) is 4.90 Å². The fourth-order valence-electron chi connectivity index (χ4n) is 2.21. The maximum absolute atomic E-state index is 13.4. The number of aliphatic hydroxyl groups is 1. The van der Waals surface area contributed by atoms with Crippen LogP contribution < -0.4 is 0 Å². The van der Waals surface area contributed by atoms with Gasteiger partial charge < -0.3 is 14.7 Å². The molecule has 1 unspecified atom stereocenters. The molecule has 0 radical (unpaired) electrons. The number of hydrogen-bond donors (Lipinski definition) is 1. The molecule has 2 rings (SSSR count). The highest BCUT2D eigenvalue weighted by atomic mass is 19.1. The highest BCUT2D eigenvalue weighted by Crippen LogP contribution is 2.18. The van der Waals surface area contributed by atoms with Crippen molar-refractivity contribution in [2.24, 2.45) is 0 Å². The van der Waals surface area contributed by atoms with E-state index in [9.17, 15) is 9.18 Å². The van der Waals surface area contributed by atoms with E-state index in [0.29, 0.717) is 18.7 Å². The molecule has 0 bridgehead atoms. The predicted octanol–water partition coefficient (Wildman–Crippen LogP) is 1.03. The van der Waals surface area contributed by atoms with Crippen LogP contribution >= 0.6 is 0 Å². The summed E-state index contributed by atoms with van der Waals surface area (Å²) in [5, 5.41) is 8.73. The Morgan fingerprint density at radius 3 is 3.05 bits per heavy atom. The first kappa shape index (κ1) is 14.5. The average molecular weight is 277 g/mol. The average Bonchev–Trinajstić information content (AvgIpc) is 2.94. The van der Waals surface area contributed by atoms with E-state index < -0.39 is 5.82 Å². The maximum Gasteiger partial charge on any atom is 0.255 e. The molecule has 1 aliphatic heterocycles. The predicted molar refractivity (Wildman–Crippen MR) is 71.7 cm³/mol. The summed E-state index contributed by atoms with van der Waals surface area (Å²) in [5.74, 6) is 4.41. The summed E-state index contributed by atoms with van der Waals surface area (Å²) < 4.78 is 18.6. The molecule has 0 saturated carbocycles. The largest absolute Gasteiger partial charge is 0.384 e. The number of rotatable bonds is 2. The van der Waals surface area contributed by atoms with Crippen LogP contribution in [0.1, 0.15) is 22.3 Å². The smallest absolute Gasteiger partial charge is 0.255 e. The summed E-state index contributed by atoms with van der Waals surface area (Å²) in [4.78, 5) is 14.1. The summed E-state index contributed by atoms with van der Waals surface area (Å²) in [6.07, 6.45) is 0.800. The van der Waals surface area contributed by atoms with Crippen LogP contribution in [-0.2, 0) is 4.74 Å². The van der Waals surface area contributed by atoms with Crippen LogP contribution in [0.25, 0.3) is 0 Å². The first-order valence-electron chi connectivity index (χ1n) is 6.37. The number of amides is 1. The number of nitrogens with zero attached hydrogens (tertiary/aromatic N) is 1. The van der Waals surface area contributed by atoms with Crippen LogP contribution in [0.2, 0.25) is 0 Å². The van der Waals surface area contributed by atoms with Crippen LogP contribution in [0.3, 0.4) is 0 Å². The first-order chi connectivity index (χ1) is 9.65. The van der Waals surface area contributed by atoms with Gasteiger partial charge >= 0.3 is 0 Å². The van der Waals surface area contributed by atoms with Crippen molar-refractivity contribution < 1.29 is 19.0 Å². The van der Waals surface area contributed by atoms with Gasteiger partial charge in [-0.15, -0.1) is 0 Å². The van der Waals surface area contributed by atoms with Gasteiger partial charge in [-0.1, -0.05) is 11.8 Å². The SMILES string of the molecule is COC1CCN(C(=O)c2cc(F)ccc2C#CCO)C1. The number of carbonyl (C=O) groups is 1. The van der Waals surface area contributed by atoms with Crippen LogP contribution in [-0.4, -0.2) is 48.8 Å². The lowest BCUT2D eigenvalue weighted by Gasteiger charge is -2.17. The standard InChI is InChI=1S/C15H16FNO3/c1-20-13-6-7-17(10-13)15(19)14-9-12(16)5-4-11(14)3-2-8-18/h4-5,9,13,18H,6-8,10H2,1H3. The summed E-state index contributed by atoms with van der Waals surface area (Å²) in [7, 11) is 1.61. The van der Waals surface area contributed by atoms with Crippen molar-refractivity contribution in [2.75, 3.05) is 26.8 Å². The van der Waals surface area contributed by atoms with Gasteiger partial charge in [-0.3, -0.25) is 4.79 Å². The number of ether oxygens (including phenoxy) is 1. The van der Waals surface area contributed by atoms with E-state index in [1.165, 1.54) is 18.2 Å². The van der Waals surface area contributed by atoms with Crippen molar-refractivity contribution in [3.63, 3.8) is 0 Å². The maximum atomic E-state index is 13.4. The fourth-order valence-corrected chi connectivity index (χ4v) is 2.21. The number of benzene rings is 1. The number of aliphatic hydroxyl groups excluding tert-OH is 1. The van der Waals surface area contributed by atoms with Gasteiger partial charge in [0, 0.05) is 25.8 Å². The van der Waals surface area contributed by atoms with Gasteiger partial charge in [-0.05, 0) is 24.6 Å². The molecule has 1 saturated heterocycles. The third-order valence-corrected chi connectivity index (χ3v) is 3.28. The number of hydrogen-bond acceptors (Lipinski definition) is 3. The second kappa shape index (κ2) is 6.51. The molecule has 5 heteroatoms. The van der Waals surface area contributed by atoms with Crippen molar-refractivity contribution in [3.8, 4) is 11.8 Å². The van der Waals surface area contributed by atoms with E-state index in [2.05, 4.69) is 11.8 Å². The molecule has 1 heterocycles. The molecule has 106 valence electrons. The summed E-state index contributed by atoms with van der Waals surface area (Å²) in [6.45, 7) is 0.778. The molecule has 1 aromatic carbocycles. The first-order valence-corrected chi connectivity index (χ1v) is 6.37. The van der Waals surface area contributed by atoms with Crippen LogP contribution in [0.4, 0.5) is 4.39 Å².